The zero-order valence-electron chi connectivity index (χ0n) is 18.7. The van der Waals surface area contributed by atoms with Gasteiger partial charge in [-0.05, 0) is 23.8 Å². The van der Waals surface area contributed by atoms with E-state index in [9.17, 15) is 18.4 Å². The van der Waals surface area contributed by atoms with Gasteiger partial charge in [0.2, 0.25) is 0 Å². The van der Waals surface area contributed by atoms with Crippen LogP contribution in [0.3, 0.4) is 0 Å². The molecule has 0 amide bonds. The molecule has 0 spiro atoms. The molecule has 1 fully saturated rings. The summed E-state index contributed by atoms with van der Waals surface area (Å²) in [5, 5.41) is 20.1. The predicted octanol–water partition coefficient (Wildman–Crippen LogP) is 4.83. The van der Waals surface area contributed by atoms with Crippen molar-refractivity contribution < 1.29 is 13.2 Å². The van der Waals surface area contributed by atoms with Crippen molar-refractivity contribution in [1.82, 2.24) is 15.2 Å². The number of hydrogen-bond acceptors (Lipinski definition) is 6. The van der Waals surface area contributed by atoms with E-state index in [0.29, 0.717) is 48.8 Å². The highest BCUT2D eigenvalue weighted by molar-refractivity contribution is 5.93. The Morgan fingerprint density at radius 3 is 2.26 bits per heavy atom. The number of halogens is 3. The molecule has 0 saturated carbocycles. The zero-order chi connectivity index (χ0) is 24.4. The second-order valence-electron chi connectivity index (χ2n) is 8.35. The number of benzene rings is 2. The molecule has 1 saturated heterocycles. The molecule has 0 unspecified atom stereocenters. The molecule has 0 atom stereocenters. The summed E-state index contributed by atoms with van der Waals surface area (Å²) >= 11 is 0. The highest BCUT2D eigenvalue weighted by Crippen LogP contribution is 2.32. The van der Waals surface area contributed by atoms with E-state index in [1.54, 1.807) is 24.4 Å². The SMILES string of the molecule is N#Cc1cccnc1N1CCN(c2nnc(Cc3cccc(C(F)(F)F)c3)c3ccccc23)CC1. The second-order valence-corrected chi connectivity index (χ2v) is 8.35. The van der Waals surface area contributed by atoms with Crippen molar-refractivity contribution in [3.63, 3.8) is 0 Å². The smallest absolute Gasteiger partial charge is 0.352 e. The minimum Gasteiger partial charge on any atom is -0.352 e. The number of piperazine rings is 1. The number of nitrogens with zero attached hydrogens (tertiary/aromatic N) is 6. The van der Waals surface area contributed by atoms with Gasteiger partial charge in [0.15, 0.2) is 5.82 Å². The number of pyridine rings is 1. The summed E-state index contributed by atoms with van der Waals surface area (Å²) in [6.07, 6.45) is -2.45. The van der Waals surface area contributed by atoms with E-state index >= 15 is 0 Å². The summed E-state index contributed by atoms with van der Waals surface area (Å²) < 4.78 is 39.4. The molecule has 35 heavy (non-hydrogen) atoms. The monoisotopic (exact) mass is 474 g/mol. The van der Waals surface area contributed by atoms with Crippen LogP contribution < -0.4 is 9.80 Å². The number of fused-ring (bicyclic) bond motifs is 1. The van der Waals surface area contributed by atoms with Crippen LogP contribution >= 0.6 is 0 Å². The summed E-state index contributed by atoms with van der Waals surface area (Å²) in [5.41, 5.74) is 1.04. The van der Waals surface area contributed by atoms with Crippen molar-refractivity contribution in [3.8, 4) is 6.07 Å². The van der Waals surface area contributed by atoms with Crippen LogP contribution in [-0.2, 0) is 12.6 Å². The van der Waals surface area contributed by atoms with Gasteiger partial charge >= 0.3 is 6.18 Å². The fraction of sp³-hybridized carbons (Fsp3) is 0.231. The number of nitriles is 1. The molecule has 0 radical (unpaired) electrons. The van der Waals surface area contributed by atoms with Gasteiger partial charge in [0.25, 0.3) is 0 Å². The number of anilines is 2. The third kappa shape index (κ3) is 4.60. The molecule has 2 aromatic heterocycles. The molecule has 1 aliphatic rings. The van der Waals surface area contributed by atoms with E-state index in [0.717, 1.165) is 28.7 Å². The van der Waals surface area contributed by atoms with Gasteiger partial charge < -0.3 is 9.80 Å². The average molecular weight is 474 g/mol. The molecular formula is C26H21F3N6. The molecule has 6 nitrogen and oxygen atoms in total. The van der Waals surface area contributed by atoms with Crippen molar-refractivity contribution in [2.24, 2.45) is 0 Å². The summed E-state index contributed by atoms with van der Waals surface area (Å²) in [6, 6.07) is 18.7. The van der Waals surface area contributed by atoms with Crippen molar-refractivity contribution in [3.05, 3.63) is 89.2 Å². The van der Waals surface area contributed by atoms with Gasteiger partial charge in [-0.2, -0.15) is 23.5 Å². The Labute approximate surface area is 200 Å². The molecule has 1 aliphatic heterocycles. The van der Waals surface area contributed by atoms with Crippen LogP contribution in [0.2, 0.25) is 0 Å². The standard InChI is InChI=1S/C26H21F3N6/c27-26(28,29)20-7-3-5-18(15-20)16-23-21-8-1-2-9-22(21)25(33-32-23)35-13-11-34(12-14-35)24-19(17-30)6-4-10-31-24/h1-10,15H,11-14,16H2. The van der Waals surface area contributed by atoms with E-state index in [2.05, 4.69) is 31.1 Å². The normalized spacial score (nSPS) is 14.2. The van der Waals surface area contributed by atoms with Crippen molar-refractivity contribution in [2.75, 3.05) is 36.0 Å². The van der Waals surface area contributed by atoms with Gasteiger partial charge in [0.1, 0.15) is 11.9 Å². The first-order valence-electron chi connectivity index (χ1n) is 11.2. The number of alkyl halides is 3. The second kappa shape index (κ2) is 9.22. The first-order valence-corrected chi connectivity index (χ1v) is 11.2. The summed E-state index contributed by atoms with van der Waals surface area (Å²) in [7, 11) is 0. The number of aromatic nitrogens is 3. The molecule has 4 aromatic rings. The Morgan fingerprint density at radius 2 is 1.54 bits per heavy atom. The lowest BCUT2D eigenvalue weighted by Crippen LogP contribution is -2.47. The lowest BCUT2D eigenvalue weighted by Gasteiger charge is -2.36. The Kier molecular flexibility index (Phi) is 5.95. The fourth-order valence-electron chi connectivity index (χ4n) is 4.43. The molecule has 2 aromatic carbocycles. The van der Waals surface area contributed by atoms with Gasteiger partial charge in [-0.1, -0.05) is 42.5 Å². The fourth-order valence-corrected chi connectivity index (χ4v) is 4.43. The van der Waals surface area contributed by atoms with E-state index in [-0.39, 0.29) is 6.42 Å². The molecular weight excluding hydrogens is 453 g/mol. The first kappa shape index (κ1) is 22.6. The van der Waals surface area contributed by atoms with Crippen LogP contribution in [-0.4, -0.2) is 41.4 Å². The van der Waals surface area contributed by atoms with E-state index in [1.165, 1.54) is 6.07 Å². The lowest BCUT2D eigenvalue weighted by atomic mass is 10.0. The Morgan fingerprint density at radius 1 is 0.829 bits per heavy atom. The van der Waals surface area contributed by atoms with E-state index in [1.807, 2.05) is 24.3 Å². The predicted molar refractivity (Wildman–Crippen MR) is 127 cm³/mol. The lowest BCUT2D eigenvalue weighted by molar-refractivity contribution is -0.137. The van der Waals surface area contributed by atoms with Crippen LogP contribution in [0, 0.1) is 11.3 Å². The van der Waals surface area contributed by atoms with Crippen LogP contribution in [0.15, 0.2) is 66.9 Å². The number of hydrogen-bond donors (Lipinski definition) is 0. The van der Waals surface area contributed by atoms with Crippen LogP contribution in [0.25, 0.3) is 10.8 Å². The third-order valence-corrected chi connectivity index (χ3v) is 6.16. The van der Waals surface area contributed by atoms with Crippen molar-refractivity contribution in [1.29, 1.82) is 5.26 Å². The van der Waals surface area contributed by atoms with Crippen molar-refractivity contribution >= 4 is 22.4 Å². The number of rotatable bonds is 4. The van der Waals surface area contributed by atoms with Gasteiger partial charge in [0, 0.05) is 49.6 Å². The quantitative estimate of drug-likeness (QED) is 0.422. The molecule has 9 heteroatoms. The Bertz CT molecular complexity index is 1400. The molecule has 0 N–H and O–H groups in total. The maximum atomic E-state index is 13.1. The van der Waals surface area contributed by atoms with Crippen molar-refractivity contribution in [2.45, 2.75) is 12.6 Å². The molecule has 176 valence electrons. The largest absolute Gasteiger partial charge is 0.416 e. The zero-order valence-corrected chi connectivity index (χ0v) is 18.7. The molecule has 5 rings (SSSR count). The highest BCUT2D eigenvalue weighted by atomic mass is 19.4. The summed E-state index contributed by atoms with van der Waals surface area (Å²) in [6.45, 7) is 2.70. The maximum absolute atomic E-state index is 13.1. The third-order valence-electron chi connectivity index (χ3n) is 6.16. The molecule has 3 heterocycles. The Hall–Kier alpha value is -4.19. The minimum atomic E-state index is -4.39. The molecule has 0 bridgehead atoms. The van der Waals surface area contributed by atoms with E-state index < -0.39 is 11.7 Å². The first-order chi connectivity index (χ1) is 16.9. The van der Waals surface area contributed by atoms with Crippen LogP contribution in [0.5, 0.6) is 0 Å². The Balaban J connectivity index is 1.40. The van der Waals surface area contributed by atoms with E-state index in [4.69, 9.17) is 0 Å². The van der Waals surface area contributed by atoms with Crippen LogP contribution in [0.4, 0.5) is 24.8 Å². The minimum absolute atomic E-state index is 0.252. The topological polar surface area (TPSA) is 68.9 Å². The van der Waals surface area contributed by atoms with Crippen LogP contribution in [0.1, 0.15) is 22.4 Å². The van der Waals surface area contributed by atoms with Gasteiger partial charge in [-0.15, -0.1) is 5.10 Å². The molecule has 0 aliphatic carbocycles. The summed E-state index contributed by atoms with van der Waals surface area (Å²) in [4.78, 5) is 8.62. The highest BCUT2D eigenvalue weighted by Gasteiger charge is 2.30. The summed E-state index contributed by atoms with van der Waals surface area (Å²) in [5.74, 6) is 1.43. The average Bonchev–Trinajstić information content (AvgIpc) is 2.89. The maximum Gasteiger partial charge on any atom is 0.416 e. The van der Waals surface area contributed by atoms with Gasteiger partial charge in [-0.3, -0.25) is 0 Å². The van der Waals surface area contributed by atoms with Gasteiger partial charge in [0.05, 0.1) is 16.8 Å². The van der Waals surface area contributed by atoms with Gasteiger partial charge in [-0.25, -0.2) is 4.98 Å².